The number of para-hydroxylation sites is 2. The van der Waals surface area contributed by atoms with E-state index in [4.69, 9.17) is 22.1 Å². The van der Waals surface area contributed by atoms with Gasteiger partial charge in [0, 0.05) is 19.2 Å². The highest BCUT2D eigenvalue weighted by molar-refractivity contribution is 7.80. The van der Waals surface area contributed by atoms with Gasteiger partial charge in [0.15, 0.2) is 0 Å². The van der Waals surface area contributed by atoms with E-state index in [1.807, 2.05) is 0 Å². The first-order valence-electron chi connectivity index (χ1n) is 6.23. The predicted octanol–water partition coefficient (Wildman–Crippen LogP) is 2.72. The number of ether oxygens (including phenoxy) is 1. The lowest BCUT2D eigenvalue weighted by Crippen LogP contribution is -2.33. The van der Waals surface area contributed by atoms with Crippen LogP contribution >= 0.6 is 24.4 Å². The van der Waals surface area contributed by atoms with Crippen LogP contribution in [0.2, 0.25) is 0 Å². The number of benzene rings is 1. The Labute approximate surface area is 144 Å². The minimum Gasteiger partial charge on any atom is -0.487 e. The number of rotatable bonds is 6. The Morgan fingerprint density at radius 1 is 1.35 bits per heavy atom. The van der Waals surface area contributed by atoms with Crippen molar-refractivity contribution in [2.45, 2.75) is 0 Å². The second kappa shape index (κ2) is 11.1. The Hall–Kier alpha value is -2.52. The van der Waals surface area contributed by atoms with Gasteiger partial charge in [0.05, 0.1) is 4.92 Å². The molecule has 0 heterocycles. The summed E-state index contributed by atoms with van der Waals surface area (Å²) in [5.41, 5.74) is 4.28. The van der Waals surface area contributed by atoms with Gasteiger partial charge in [-0.05, 0) is 30.5 Å². The molecule has 9 heteroatoms. The molecule has 1 aromatic carbocycles. The Balaban J connectivity index is 0.00000108. The molecule has 1 aromatic rings. The van der Waals surface area contributed by atoms with Crippen LogP contribution in [0.5, 0.6) is 5.75 Å². The minimum absolute atomic E-state index is 0.121. The zero-order valence-corrected chi connectivity index (χ0v) is 13.9. The van der Waals surface area contributed by atoms with Gasteiger partial charge in [-0.25, -0.2) is 0 Å². The van der Waals surface area contributed by atoms with Crippen molar-refractivity contribution < 1.29 is 14.8 Å². The van der Waals surface area contributed by atoms with Gasteiger partial charge in [0.25, 0.3) is 10.3 Å². The lowest BCUT2D eigenvalue weighted by Gasteiger charge is -2.21. The highest BCUT2D eigenvalue weighted by Crippen LogP contribution is 2.26. The summed E-state index contributed by atoms with van der Waals surface area (Å²) >= 11 is 8.99. The summed E-state index contributed by atoms with van der Waals surface area (Å²) in [4.78, 5) is 12.0. The molecular formula is C14H17N3O4S2. The summed E-state index contributed by atoms with van der Waals surface area (Å²) in [5.74, 6) is 0.121. The normalized spacial score (nSPS) is 8.87. The predicted molar refractivity (Wildman–Crippen MR) is 97.7 cm³/mol. The van der Waals surface area contributed by atoms with E-state index in [-0.39, 0.29) is 16.6 Å². The van der Waals surface area contributed by atoms with Crippen LogP contribution in [-0.4, -0.2) is 38.4 Å². The fourth-order valence-corrected chi connectivity index (χ4v) is 1.63. The zero-order chi connectivity index (χ0) is 17.8. The van der Waals surface area contributed by atoms with Crippen molar-refractivity contribution in [2.24, 2.45) is 5.73 Å². The molecule has 0 aliphatic rings. The first-order chi connectivity index (χ1) is 10.8. The monoisotopic (exact) mass is 355 g/mol. The van der Waals surface area contributed by atoms with E-state index < -0.39 is 10.1 Å². The van der Waals surface area contributed by atoms with Gasteiger partial charge >= 0.3 is 5.69 Å². The molecule has 0 saturated carbocycles. The lowest BCUT2D eigenvalue weighted by molar-refractivity contribution is -0.385. The van der Waals surface area contributed by atoms with Crippen LogP contribution in [0.25, 0.3) is 0 Å². The fraction of sp³-hybridized carbons (Fsp3) is 0.143. The molecule has 3 N–H and O–H groups in total. The van der Waals surface area contributed by atoms with Crippen LogP contribution in [-0.2, 0) is 0 Å². The molecule has 0 bridgehead atoms. The Bertz CT molecular complexity index is 579. The summed E-state index contributed by atoms with van der Waals surface area (Å²) in [6.07, 6.45) is 3.33. The van der Waals surface area contributed by atoms with Gasteiger partial charge in [0.2, 0.25) is 5.75 Å². The number of hydrogen-bond acceptors (Lipinski definition) is 5. The summed E-state index contributed by atoms with van der Waals surface area (Å²) in [7, 11) is 0. The lowest BCUT2D eigenvalue weighted by atomic mass is 10.3. The van der Waals surface area contributed by atoms with Crippen molar-refractivity contribution in [3.8, 4) is 5.75 Å². The number of thiocarbonyl (C=S) groups is 2. The highest BCUT2D eigenvalue weighted by Gasteiger charge is 2.17. The maximum atomic E-state index is 10.9. The number of aliphatic hydroxyl groups is 1. The van der Waals surface area contributed by atoms with Crippen LogP contribution in [0.3, 0.4) is 0 Å². The van der Waals surface area contributed by atoms with Gasteiger partial charge in [-0.2, -0.15) is 0 Å². The van der Waals surface area contributed by atoms with E-state index in [0.717, 1.165) is 0 Å². The minimum atomic E-state index is -0.511. The van der Waals surface area contributed by atoms with Crippen LogP contribution in [0.4, 0.5) is 5.69 Å². The third-order valence-corrected chi connectivity index (χ3v) is 2.56. The van der Waals surface area contributed by atoms with Crippen molar-refractivity contribution in [3.05, 3.63) is 59.7 Å². The number of nitro groups is 1. The average molecular weight is 355 g/mol. The third-order valence-electron chi connectivity index (χ3n) is 2.22. The first-order valence-corrected chi connectivity index (χ1v) is 7.05. The molecule has 0 atom stereocenters. The van der Waals surface area contributed by atoms with Crippen LogP contribution < -0.4 is 10.5 Å². The van der Waals surface area contributed by atoms with Crippen LogP contribution in [0.1, 0.15) is 0 Å². The van der Waals surface area contributed by atoms with Crippen molar-refractivity contribution in [2.75, 3.05) is 13.1 Å². The third kappa shape index (κ3) is 8.49. The molecule has 0 radical (unpaired) electrons. The molecule has 1 rings (SSSR count). The van der Waals surface area contributed by atoms with E-state index in [1.165, 1.54) is 12.1 Å². The van der Waals surface area contributed by atoms with Crippen molar-refractivity contribution in [1.82, 2.24) is 4.90 Å². The largest absolute Gasteiger partial charge is 0.487 e. The summed E-state index contributed by atoms with van der Waals surface area (Å²) in [6.45, 7) is 8.19. The molecule has 0 aliphatic carbocycles. The molecule has 23 heavy (non-hydrogen) atoms. The second-order valence-corrected chi connectivity index (χ2v) is 4.68. The maximum absolute atomic E-state index is 10.9. The number of nitrogens with two attached hydrogens (primary N) is 1. The molecule has 0 aromatic heterocycles. The Kier molecular flexibility index (Phi) is 9.88. The number of aliphatic hydroxyl groups excluding tert-OH is 1. The van der Waals surface area contributed by atoms with E-state index >= 15 is 0 Å². The SMILES string of the molecule is C=CCN(CC=C)C(=S)Oc1ccccc1[N+](=O)[O-].NC(O)=S. The molecule has 0 aliphatic heterocycles. The van der Waals surface area contributed by atoms with E-state index in [9.17, 15) is 10.1 Å². The quantitative estimate of drug-likeness (QED) is 0.348. The van der Waals surface area contributed by atoms with Gasteiger partial charge in [-0.1, -0.05) is 24.3 Å². The molecule has 124 valence electrons. The van der Waals surface area contributed by atoms with E-state index in [0.29, 0.717) is 13.1 Å². The second-order valence-electron chi connectivity index (χ2n) is 3.91. The molecular weight excluding hydrogens is 338 g/mol. The highest BCUT2D eigenvalue weighted by atomic mass is 32.1. The number of nitrogens with zero attached hydrogens (tertiary/aromatic N) is 2. The first kappa shape index (κ1) is 20.5. The van der Waals surface area contributed by atoms with Gasteiger partial charge in [0.1, 0.15) is 0 Å². The molecule has 0 fully saturated rings. The summed E-state index contributed by atoms with van der Waals surface area (Å²) < 4.78 is 5.39. The molecule has 0 spiro atoms. The van der Waals surface area contributed by atoms with Crippen molar-refractivity contribution >= 4 is 40.5 Å². The molecule has 0 amide bonds. The van der Waals surface area contributed by atoms with Crippen molar-refractivity contribution in [3.63, 3.8) is 0 Å². The molecule has 0 saturated heterocycles. The van der Waals surface area contributed by atoms with E-state index in [1.54, 1.807) is 29.2 Å². The average Bonchev–Trinajstić information content (AvgIpc) is 2.46. The van der Waals surface area contributed by atoms with Gasteiger partial charge in [-0.15, -0.1) is 13.2 Å². The smallest absolute Gasteiger partial charge is 0.311 e. The summed E-state index contributed by atoms with van der Waals surface area (Å²) in [6, 6.07) is 6.09. The molecule has 7 nitrogen and oxygen atoms in total. The topological polar surface area (TPSA) is 102 Å². The van der Waals surface area contributed by atoms with Crippen LogP contribution in [0, 0.1) is 10.1 Å². The zero-order valence-electron chi connectivity index (χ0n) is 12.3. The molecule has 0 unspecified atom stereocenters. The fourth-order valence-electron chi connectivity index (χ4n) is 1.39. The number of nitro benzene ring substituents is 1. The maximum Gasteiger partial charge on any atom is 0.311 e. The van der Waals surface area contributed by atoms with Crippen molar-refractivity contribution in [1.29, 1.82) is 0 Å². The Morgan fingerprint density at radius 2 is 1.83 bits per heavy atom. The summed E-state index contributed by atoms with van der Waals surface area (Å²) in [5, 5.41) is 18.1. The van der Waals surface area contributed by atoms with Crippen LogP contribution in [0.15, 0.2) is 49.6 Å². The van der Waals surface area contributed by atoms with Gasteiger partial charge < -0.3 is 20.5 Å². The Morgan fingerprint density at radius 3 is 2.26 bits per heavy atom. The van der Waals surface area contributed by atoms with Gasteiger partial charge in [-0.3, -0.25) is 10.1 Å². The van der Waals surface area contributed by atoms with E-state index in [2.05, 4.69) is 31.1 Å². The standard InChI is InChI=1S/C13H14N2O3S.CH3NOS/c1-3-9-14(10-4-2)13(19)18-12-8-6-5-7-11(12)15(16)17;2-1(3)4/h3-8H,1-2,9-10H2;(H3,2,3,4). The number of hydrogen-bond donors (Lipinski definition) is 2.